The van der Waals surface area contributed by atoms with Crippen molar-refractivity contribution in [3.63, 3.8) is 0 Å². The van der Waals surface area contributed by atoms with Crippen LogP contribution in [0, 0.1) is 41.4 Å². The minimum absolute atomic E-state index is 0.709. The van der Waals surface area contributed by atoms with Gasteiger partial charge in [-0.05, 0) is 86.4 Å². The second-order valence-electron chi connectivity index (χ2n) is 9.54. The molecule has 0 aliphatic heterocycles. The van der Waals surface area contributed by atoms with Gasteiger partial charge in [0.25, 0.3) is 0 Å². The molecule has 6 atom stereocenters. The summed E-state index contributed by atoms with van der Waals surface area (Å²) in [6.45, 7) is 8.91. The van der Waals surface area contributed by atoms with Gasteiger partial charge in [-0.3, -0.25) is 0 Å². The molecule has 3 rings (SSSR count). The van der Waals surface area contributed by atoms with Crippen LogP contribution in [0.4, 0.5) is 0 Å². The highest BCUT2D eigenvalue weighted by molar-refractivity contribution is 6.22. The lowest BCUT2D eigenvalue weighted by molar-refractivity contribution is 0.0272. The van der Waals surface area contributed by atoms with E-state index in [9.17, 15) is 0 Å². The van der Waals surface area contributed by atoms with Crippen LogP contribution in [0.2, 0.25) is 0 Å². The van der Waals surface area contributed by atoms with Crippen molar-refractivity contribution in [3.8, 4) is 0 Å². The molecule has 25 heavy (non-hydrogen) atoms. The van der Waals surface area contributed by atoms with Gasteiger partial charge >= 0.3 is 0 Å². The first-order valence-corrected chi connectivity index (χ1v) is 11.2. The van der Waals surface area contributed by atoms with Gasteiger partial charge in [-0.25, -0.2) is 0 Å². The highest BCUT2D eigenvalue weighted by Gasteiger charge is 2.43. The zero-order chi connectivity index (χ0) is 17.8. The van der Waals surface area contributed by atoms with Crippen LogP contribution in [-0.2, 0) is 0 Å². The molecule has 0 spiro atoms. The summed E-state index contributed by atoms with van der Waals surface area (Å²) in [6, 6.07) is 0. The second kappa shape index (κ2) is 8.96. The van der Waals surface area contributed by atoms with Gasteiger partial charge in [-0.1, -0.05) is 51.7 Å². The maximum Gasteiger partial charge on any atom is 0.107 e. The fourth-order valence-electron chi connectivity index (χ4n) is 6.78. The molecule has 138 valence electrons. The lowest BCUT2D eigenvalue weighted by Gasteiger charge is -2.50. The van der Waals surface area contributed by atoms with Crippen LogP contribution in [-0.4, -0.2) is 7.85 Å². The van der Waals surface area contributed by atoms with E-state index in [2.05, 4.69) is 32.6 Å². The summed E-state index contributed by atoms with van der Waals surface area (Å²) in [5.74, 6) is 6.07. The van der Waals surface area contributed by atoms with Gasteiger partial charge in [0.2, 0.25) is 0 Å². The molecule has 3 aliphatic rings. The van der Waals surface area contributed by atoms with Crippen LogP contribution < -0.4 is 0 Å². The Kier molecular flexibility index (Phi) is 6.92. The fourth-order valence-corrected chi connectivity index (χ4v) is 6.78. The van der Waals surface area contributed by atoms with Crippen molar-refractivity contribution in [2.24, 2.45) is 41.4 Å². The molecule has 0 N–H and O–H groups in total. The topological polar surface area (TPSA) is 0 Å². The molecular formula is C24H39B. The lowest BCUT2D eigenvalue weighted by Crippen LogP contribution is -2.41. The number of rotatable bonds is 6. The van der Waals surface area contributed by atoms with Gasteiger partial charge in [-0.15, -0.1) is 12.1 Å². The molecule has 6 unspecified atom stereocenters. The smallest absolute Gasteiger partial charge is 0.107 e. The maximum atomic E-state index is 6.44. The van der Waals surface area contributed by atoms with E-state index < -0.39 is 0 Å². The van der Waals surface area contributed by atoms with Crippen LogP contribution in [0.1, 0.15) is 84.5 Å². The summed E-state index contributed by atoms with van der Waals surface area (Å²) < 4.78 is 0. The lowest BCUT2D eigenvalue weighted by atomic mass is 9.54. The predicted molar refractivity (Wildman–Crippen MR) is 111 cm³/mol. The number of fused-ring (bicyclic) bond motifs is 1. The second-order valence-corrected chi connectivity index (χ2v) is 9.54. The summed E-state index contributed by atoms with van der Waals surface area (Å²) in [7, 11) is 6.44. The normalized spacial score (nSPS) is 37.2. The fraction of sp³-hybridized carbons (Fsp3) is 0.833. The molecule has 0 saturated heterocycles. The van der Waals surface area contributed by atoms with Crippen LogP contribution in [0.15, 0.2) is 24.2 Å². The van der Waals surface area contributed by atoms with E-state index in [0.717, 1.165) is 35.5 Å². The van der Waals surface area contributed by atoms with E-state index in [4.69, 9.17) is 7.85 Å². The summed E-state index contributed by atoms with van der Waals surface area (Å²) >= 11 is 0. The van der Waals surface area contributed by atoms with Crippen molar-refractivity contribution in [2.75, 3.05) is 0 Å². The summed E-state index contributed by atoms with van der Waals surface area (Å²) in [4.78, 5) is 0. The summed E-state index contributed by atoms with van der Waals surface area (Å²) in [6.07, 6.45) is 19.8. The van der Waals surface area contributed by atoms with Gasteiger partial charge in [0, 0.05) is 0 Å². The molecule has 2 radical (unpaired) electrons. The first-order valence-electron chi connectivity index (χ1n) is 11.2. The summed E-state index contributed by atoms with van der Waals surface area (Å²) in [5.41, 5.74) is 1.24. The quantitative estimate of drug-likeness (QED) is 0.364. The Morgan fingerprint density at radius 1 is 1.04 bits per heavy atom. The van der Waals surface area contributed by atoms with Crippen molar-refractivity contribution in [1.29, 1.82) is 0 Å². The van der Waals surface area contributed by atoms with Gasteiger partial charge in [0.1, 0.15) is 7.85 Å². The Bertz CT molecular complexity index is 463. The maximum absolute atomic E-state index is 6.44. The van der Waals surface area contributed by atoms with Crippen LogP contribution in [0.3, 0.4) is 0 Å². The molecule has 1 heteroatoms. The standard InChI is InChI=1S/C24H39B/c1-4-5-10-18(17(2)3)19-11-6-7-12-20(19)22-15-16-24(25)23-14-9-8-13-21(22)23/h4,16-23H,1,5-15H2,2-3H3. The average Bonchev–Trinajstić information content (AvgIpc) is 2.63. The molecule has 0 nitrogen and oxygen atoms in total. The van der Waals surface area contributed by atoms with Crippen molar-refractivity contribution < 1.29 is 0 Å². The van der Waals surface area contributed by atoms with E-state index >= 15 is 0 Å². The van der Waals surface area contributed by atoms with E-state index in [1.165, 1.54) is 76.1 Å². The number of hydrogen-bond donors (Lipinski definition) is 0. The monoisotopic (exact) mass is 338 g/mol. The zero-order valence-electron chi connectivity index (χ0n) is 16.8. The SMILES string of the molecule is [B]C1=CCC(C2CCCCC2C(CCC=C)C(C)C)C2CCCCC12. The zero-order valence-corrected chi connectivity index (χ0v) is 16.8. The van der Waals surface area contributed by atoms with E-state index in [-0.39, 0.29) is 0 Å². The number of allylic oxidation sites excluding steroid dienone is 3. The van der Waals surface area contributed by atoms with Gasteiger partial charge in [0.05, 0.1) is 0 Å². The van der Waals surface area contributed by atoms with Gasteiger partial charge in [-0.2, -0.15) is 0 Å². The minimum atomic E-state index is 0.709. The molecule has 0 amide bonds. The highest BCUT2D eigenvalue weighted by atomic mass is 14.5. The van der Waals surface area contributed by atoms with Crippen molar-refractivity contribution in [1.82, 2.24) is 0 Å². The third-order valence-electron chi connectivity index (χ3n) is 7.96. The molecule has 0 heterocycles. The Balaban J connectivity index is 1.80. The molecular weight excluding hydrogens is 299 g/mol. The predicted octanol–water partition coefficient (Wildman–Crippen LogP) is 6.91. The van der Waals surface area contributed by atoms with Crippen molar-refractivity contribution in [2.45, 2.75) is 84.5 Å². The van der Waals surface area contributed by atoms with E-state index in [1.807, 2.05) is 0 Å². The molecule has 2 saturated carbocycles. The molecule has 0 bridgehead atoms. The molecule has 0 aromatic rings. The van der Waals surface area contributed by atoms with Gasteiger partial charge < -0.3 is 0 Å². The molecule has 2 fully saturated rings. The first kappa shape index (κ1) is 19.3. The largest absolute Gasteiger partial charge is 0.118 e. The Morgan fingerprint density at radius 2 is 1.72 bits per heavy atom. The van der Waals surface area contributed by atoms with E-state index in [0.29, 0.717) is 5.92 Å². The number of hydrogen-bond acceptors (Lipinski definition) is 0. The Hall–Kier alpha value is -0.455. The van der Waals surface area contributed by atoms with Crippen molar-refractivity contribution >= 4 is 7.85 Å². The molecule has 3 aliphatic carbocycles. The third-order valence-corrected chi connectivity index (χ3v) is 7.96. The molecule has 0 aromatic heterocycles. The Morgan fingerprint density at radius 3 is 2.44 bits per heavy atom. The van der Waals surface area contributed by atoms with E-state index in [1.54, 1.807) is 0 Å². The van der Waals surface area contributed by atoms with Crippen molar-refractivity contribution in [3.05, 3.63) is 24.2 Å². The average molecular weight is 338 g/mol. The van der Waals surface area contributed by atoms with Crippen LogP contribution in [0.5, 0.6) is 0 Å². The van der Waals surface area contributed by atoms with Gasteiger partial charge in [0.15, 0.2) is 0 Å². The minimum Gasteiger partial charge on any atom is -0.118 e. The van der Waals surface area contributed by atoms with Crippen LogP contribution in [0.25, 0.3) is 0 Å². The molecule has 0 aromatic carbocycles. The summed E-state index contributed by atoms with van der Waals surface area (Å²) in [5, 5.41) is 0. The Labute approximate surface area is 158 Å². The first-order chi connectivity index (χ1) is 12.1. The highest BCUT2D eigenvalue weighted by Crippen LogP contribution is 2.52. The third kappa shape index (κ3) is 4.28. The van der Waals surface area contributed by atoms with Crippen LogP contribution >= 0.6 is 0 Å².